The molecule has 110 valence electrons. The maximum absolute atomic E-state index is 13.1. The second kappa shape index (κ2) is 4.87. The van der Waals surface area contributed by atoms with Crippen LogP contribution in [0.4, 0.5) is 8.78 Å². The van der Waals surface area contributed by atoms with Gasteiger partial charge in [-0.2, -0.15) is 0 Å². The number of rotatable bonds is 2. The first kappa shape index (κ1) is 12.9. The van der Waals surface area contributed by atoms with Crippen LogP contribution in [-0.4, -0.2) is 19.7 Å². The van der Waals surface area contributed by atoms with Gasteiger partial charge in [-0.3, -0.25) is 4.57 Å². The summed E-state index contributed by atoms with van der Waals surface area (Å²) < 4.78 is 33.0. The Morgan fingerprint density at radius 2 is 1.91 bits per heavy atom. The molecule has 0 unspecified atom stereocenters. The van der Waals surface area contributed by atoms with Gasteiger partial charge < -0.3 is 4.74 Å². The van der Waals surface area contributed by atoms with Crippen LogP contribution >= 0.6 is 0 Å². The van der Waals surface area contributed by atoms with E-state index in [-0.39, 0.29) is 6.61 Å². The fourth-order valence-corrected chi connectivity index (χ4v) is 2.46. The molecule has 0 amide bonds. The van der Waals surface area contributed by atoms with Crippen LogP contribution in [0.5, 0.6) is 5.88 Å². The lowest BCUT2D eigenvalue weighted by Gasteiger charge is -2.19. The molecule has 1 aliphatic heterocycles. The molecule has 4 rings (SSSR count). The monoisotopic (exact) mass is 300 g/mol. The fourth-order valence-electron chi connectivity index (χ4n) is 2.46. The summed E-state index contributed by atoms with van der Waals surface area (Å²) in [6, 6.07) is 11.3. The number of hydrogen-bond donors (Lipinski definition) is 0. The number of benzene rings is 1. The van der Waals surface area contributed by atoms with Gasteiger partial charge in [0.15, 0.2) is 12.4 Å². The molecular weight excluding hydrogens is 290 g/mol. The third kappa shape index (κ3) is 1.93. The summed E-state index contributed by atoms with van der Waals surface area (Å²) in [5.74, 6) is 0.246. The normalized spacial score (nSPS) is 12.7. The molecule has 0 saturated carbocycles. The number of aromatic nitrogens is 4. The Bertz CT molecular complexity index is 833. The molecule has 0 saturated heterocycles. The number of nitrogens with zero attached hydrogens (tertiary/aromatic N) is 4. The lowest BCUT2D eigenvalue weighted by atomic mass is 10.1. The third-order valence-electron chi connectivity index (χ3n) is 3.47. The van der Waals surface area contributed by atoms with E-state index in [1.807, 2.05) is 30.3 Å². The van der Waals surface area contributed by atoms with Crippen molar-refractivity contribution in [1.82, 2.24) is 19.7 Å². The van der Waals surface area contributed by atoms with Gasteiger partial charge in [-0.1, -0.05) is 30.3 Å². The number of hydrogen-bond acceptors (Lipinski definition) is 4. The number of fused-ring (bicyclic) bond motifs is 3. The average molecular weight is 300 g/mol. The van der Waals surface area contributed by atoms with Gasteiger partial charge in [0.1, 0.15) is 5.69 Å². The number of alkyl halides is 2. The second-order valence-electron chi connectivity index (χ2n) is 4.81. The lowest BCUT2D eigenvalue weighted by molar-refractivity contribution is 0.136. The van der Waals surface area contributed by atoms with E-state index >= 15 is 0 Å². The summed E-state index contributed by atoms with van der Waals surface area (Å²) in [6.45, 7) is 0.0738. The molecule has 7 heteroatoms. The van der Waals surface area contributed by atoms with Gasteiger partial charge in [-0.25, -0.2) is 13.8 Å². The third-order valence-corrected chi connectivity index (χ3v) is 3.47. The predicted molar refractivity (Wildman–Crippen MR) is 73.9 cm³/mol. The molecule has 0 radical (unpaired) electrons. The molecule has 0 aliphatic carbocycles. The van der Waals surface area contributed by atoms with Crippen molar-refractivity contribution in [3.8, 4) is 22.7 Å². The Labute approximate surface area is 124 Å². The summed E-state index contributed by atoms with van der Waals surface area (Å²) in [4.78, 5) is 4.23. The van der Waals surface area contributed by atoms with Gasteiger partial charge in [0.25, 0.3) is 6.43 Å². The summed E-state index contributed by atoms with van der Waals surface area (Å²) in [5.41, 5.74) is 2.18. The highest BCUT2D eigenvalue weighted by atomic mass is 19.3. The first-order valence-corrected chi connectivity index (χ1v) is 6.65. The molecule has 3 aromatic rings. The van der Waals surface area contributed by atoms with Crippen LogP contribution in [0.15, 0.2) is 42.6 Å². The van der Waals surface area contributed by atoms with E-state index in [2.05, 4.69) is 15.2 Å². The van der Waals surface area contributed by atoms with E-state index in [9.17, 15) is 8.78 Å². The van der Waals surface area contributed by atoms with E-state index in [0.717, 1.165) is 11.1 Å². The minimum absolute atomic E-state index is 0.0738. The van der Waals surface area contributed by atoms with Crippen LogP contribution in [0.3, 0.4) is 0 Å². The summed E-state index contributed by atoms with van der Waals surface area (Å²) in [5, 5.41) is 7.31. The molecule has 1 aromatic carbocycles. The van der Waals surface area contributed by atoms with Crippen molar-refractivity contribution in [2.24, 2.45) is 0 Å². The molecule has 0 bridgehead atoms. The highest BCUT2D eigenvalue weighted by Gasteiger charge is 2.27. The largest absolute Gasteiger partial charge is 0.468 e. The standard InChI is InChI=1S/C15H10F2N4O/c16-13(17)14-20-19-12-8-22-15-11(21(12)14)6-10(7-18-15)9-4-2-1-3-5-9/h1-7,13H,8H2. The molecule has 3 heterocycles. The molecule has 0 N–H and O–H groups in total. The van der Waals surface area contributed by atoms with Crippen LogP contribution in [0.2, 0.25) is 0 Å². The Hall–Kier alpha value is -2.83. The van der Waals surface area contributed by atoms with Crippen molar-refractivity contribution >= 4 is 0 Å². The number of halogens is 2. The highest BCUT2D eigenvalue weighted by Crippen LogP contribution is 2.34. The van der Waals surface area contributed by atoms with Crippen molar-refractivity contribution in [2.45, 2.75) is 13.0 Å². The minimum Gasteiger partial charge on any atom is -0.468 e. The zero-order chi connectivity index (χ0) is 15.1. The Kier molecular flexibility index (Phi) is 2.85. The first-order chi connectivity index (χ1) is 10.7. The Balaban J connectivity index is 1.90. The van der Waals surface area contributed by atoms with E-state index in [4.69, 9.17) is 4.74 Å². The quantitative estimate of drug-likeness (QED) is 0.729. The average Bonchev–Trinajstić information content (AvgIpc) is 3.00. The van der Waals surface area contributed by atoms with Crippen LogP contribution in [0, 0.1) is 0 Å². The molecule has 0 atom stereocenters. The van der Waals surface area contributed by atoms with Crippen LogP contribution in [0.25, 0.3) is 16.8 Å². The van der Waals surface area contributed by atoms with Gasteiger partial charge >= 0.3 is 0 Å². The minimum atomic E-state index is -2.72. The molecular formula is C15H10F2N4O. The zero-order valence-electron chi connectivity index (χ0n) is 11.3. The second-order valence-corrected chi connectivity index (χ2v) is 4.81. The Morgan fingerprint density at radius 3 is 2.68 bits per heavy atom. The smallest absolute Gasteiger partial charge is 0.297 e. The highest BCUT2D eigenvalue weighted by molar-refractivity contribution is 5.66. The van der Waals surface area contributed by atoms with Gasteiger partial charge in [0.05, 0.1) is 0 Å². The summed E-state index contributed by atoms with van der Waals surface area (Å²) >= 11 is 0. The van der Waals surface area contributed by atoms with Crippen LogP contribution < -0.4 is 4.74 Å². The molecule has 0 spiro atoms. The van der Waals surface area contributed by atoms with Crippen molar-refractivity contribution in [3.05, 3.63) is 54.2 Å². The van der Waals surface area contributed by atoms with Crippen LogP contribution in [0.1, 0.15) is 18.1 Å². The van der Waals surface area contributed by atoms with Crippen LogP contribution in [-0.2, 0) is 6.61 Å². The first-order valence-electron chi connectivity index (χ1n) is 6.65. The van der Waals surface area contributed by atoms with Gasteiger partial charge in [-0.15, -0.1) is 10.2 Å². The van der Waals surface area contributed by atoms with E-state index in [1.165, 1.54) is 4.57 Å². The van der Waals surface area contributed by atoms with E-state index in [1.54, 1.807) is 12.3 Å². The molecule has 0 fully saturated rings. The van der Waals surface area contributed by atoms with Gasteiger partial charge in [-0.05, 0) is 11.6 Å². The van der Waals surface area contributed by atoms with Crippen molar-refractivity contribution in [2.75, 3.05) is 0 Å². The van der Waals surface area contributed by atoms with E-state index in [0.29, 0.717) is 17.4 Å². The molecule has 22 heavy (non-hydrogen) atoms. The topological polar surface area (TPSA) is 52.8 Å². The van der Waals surface area contributed by atoms with Gasteiger partial charge in [0.2, 0.25) is 11.7 Å². The molecule has 5 nitrogen and oxygen atoms in total. The van der Waals surface area contributed by atoms with Crippen molar-refractivity contribution in [3.63, 3.8) is 0 Å². The van der Waals surface area contributed by atoms with Crippen molar-refractivity contribution in [1.29, 1.82) is 0 Å². The van der Waals surface area contributed by atoms with Gasteiger partial charge in [0, 0.05) is 11.8 Å². The number of ether oxygens (including phenoxy) is 1. The summed E-state index contributed by atoms with van der Waals surface area (Å²) in [7, 11) is 0. The zero-order valence-corrected chi connectivity index (χ0v) is 11.3. The SMILES string of the molecule is FC(F)c1nnc2n1-c1cc(-c3ccccc3)cnc1OC2. The number of pyridine rings is 1. The molecule has 1 aliphatic rings. The lowest BCUT2D eigenvalue weighted by Crippen LogP contribution is -2.16. The van der Waals surface area contributed by atoms with E-state index < -0.39 is 12.2 Å². The Morgan fingerprint density at radius 1 is 1.09 bits per heavy atom. The maximum Gasteiger partial charge on any atom is 0.297 e. The maximum atomic E-state index is 13.1. The van der Waals surface area contributed by atoms with Crippen molar-refractivity contribution < 1.29 is 13.5 Å². The molecule has 2 aromatic heterocycles. The fraction of sp³-hybridized carbons (Fsp3) is 0.133. The predicted octanol–water partition coefficient (Wildman–Crippen LogP) is 3.16. The summed E-state index contributed by atoms with van der Waals surface area (Å²) in [6.07, 6.45) is -1.06.